The molecule has 0 aliphatic carbocycles. The van der Waals surface area contributed by atoms with E-state index in [2.05, 4.69) is 35.0 Å². The topological polar surface area (TPSA) is 51.2 Å². The fourth-order valence-electron chi connectivity index (χ4n) is 3.96. The van der Waals surface area contributed by atoms with Gasteiger partial charge in [-0.05, 0) is 51.8 Å². The highest BCUT2D eigenvalue weighted by Gasteiger charge is 2.23. The van der Waals surface area contributed by atoms with Gasteiger partial charge in [-0.25, -0.2) is 9.50 Å². The quantitative estimate of drug-likeness (QED) is 0.718. The minimum atomic E-state index is 0.610. The Morgan fingerprint density at radius 1 is 1.20 bits per heavy atom. The van der Waals surface area contributed by atoms with Crippen LogP contribution in [0.2, 0.25) is 0 Å². The first-order valence-electron chi connectivity index (χ1n) is 9.23. The highest BCUT2D eigenvalue weighted by atomic mass is 15.3. The van der Waals surface area contributed by atoms with Crippen molar-refractivity contribution >= 4 is 5.65 Å². The summed E-state index contributed by atoms with van der Waals surface area (Å²) in [5.74, 6) is 0. The van der Waals surface area contributed by atoms with Crippen molar-refractivity contribution in [3.8, 4) is 0 Å². The maximum Gasteiger partial charge on any atom is 0.159 e. The zero-order valence-corrected chi connectivity index (χ0v) is 15.1. The maximum absolute atomic E-state index is 4.73. The van der Waals surface area contributed by atoms with Crippen molar-refractivity contribution in [1.82, 2.24) is 29.3 Å². The fraction of sp³-hybridized carbons (Fsp3) is 0.526. The summed E-state index contributed by atoms with van der Waals surface area (Å²) >= 11 is 0. The summed E-state index contributed by atoms with van der Waals surface area (Å²) in [4.78, 5) is 7.35. The van der Waals surface area contributed by atoms with Gasteiger partial charge in [0.2, 0.25) is 0 Å². The number of nitrogens with zero attached hydrogens (tertiary/aromatic N) is 6. The lowest BCUT2D eigenvalue weighted by atomic mass is 9.99. The van der Waals surface area contributed by atoms with Crippen LogP contribution >= 0.6 is 0 Å². The van der Waals surface area contributed by atoms with Crippen LogP contribution in [-0.2, 0) is 13.1 Å². The molecule has 25 heavy (non-hydrogen) atoms. The molecule has 4 rings (SSSR count). The van der Waals surface area contributed by atoms with Crippen LogP contribution in [0.1, 0.15) is 42.6 Å². The summed E-state index contributed by atoms with van der Waals surface area (Å²) < 4.78 is 4.00. The van der Waals surface area contributed by atoms with E-state index in [1.165, 1.54) is 24.8 Å². The normalized spacial score (nSPS) is 18.9. The average molecular weight is 338 g/mol. The number of aromatic nitrogens is 5. The molecule has 0 radical (unpaired) electrons. The molecule has 132 valence electrons. The van der Waals surface area contributed by atoms with E-state index in [4.69, 9.17) is 4.98 Å². The van der Waals surface area contributed by atoms with Gasteiger partial charge in [0.25, 0.3) is 0 Å². The molecule has 0 amide bonds. The predicted molar refractivity (Wildman–Crippen MR) is 97.4 cm³/mol. The van der Waals surface area contributed by atoms with E-state index < -0.39 is 0 Å². The molecule has 1 fully saturated rings. The largest absolute Gasteiger partial charge is 0.296 e. The Balaban J connectivity index is 1.51. The molecule has 0 spiro atoms. The summed E-state index contributed by atoms with van der Waals surface area (Å²) in [7, 11) is 0. The van der Waals surface area contributed by atoms with Gasteiger partial charge in [-0.1, -0.05) is 6.42 Å². The second-order valence-electron chi connectivity index (χ2n) is 7.12. The van der Waals surface area contributed by atoms with Crippen LogP contribution in [-0.4, -0.2) is 41.9 Å². The Kier molecular flexibility index (Phi) is 4.53. The molecule has 0 aromatic carbocycles. The lowest BCUT2D eigenvalue weighted by Crippen LogP contribution is -2.39. The first-order valence-corrected chi connectivity index (χ1v) is 9.23. The van der Waals surface area contributed by atoms with Crippen molar-refractivity contribution in [2.75, 3.05) is 6.54 Å². The molecule has 0 N–H and O–H groups in total. The van der Waals surface area contributed by atoms with E-state index in [9.17, 15) is 0 Å². The molecule has 1 saturated heterocycles. The van der Waals surface area contributed by atoms with Gasteiger partial charge in [0, 0.05) is 48.5 Å². The number of hydrogen-bond acceptors (Lipinski definition) is 4. The highest BCUT2D eigenvalue weighted by Crippen LogP contribution is 2.24. The highest BCUT2D eigenvalue weighted by molar-refractivity contribution is 5.47. The zero-order chi connectivity index (χ0) is 17.2. The summed E-state index contributed by atoms with van der Waals surface area (Å²) in [5.41, 5.74) is 4.44. The van der Waals surface area contributed by atoms with Gasteiger partial charge in [-0.3, -0.25) is 9.58 Å². The summed E-state index contributed by atoms with van der Waals surface area (Å²) in [6.07, 6.45) is 10.9. The second kappa shape index (κ2) is 6.96. The Hall–Kier alpha value is -2.21. The third-order valence-electron chi connectivity index (χ3n) is 5.22. The second-order valence-corrected chi connectivity index (χ2v) is 7.12. The fourth-order valence-corrected chi connectivity index (χ4v) is 3.96. The monoisotopic (exact) mass is 338 g/mol. The average Bonchev–Trinajstić information content (AvgIpc) is 3.25. The molecular formula is C19H26N6. The van der Waals surface area contributed by atoms with Crippen LogP contribution in [0.5, 0.6) is 0 Å². The number of fused-ring (bicyclic) bond motifs is 1. The third-order valence-corrected chi connectivity index (χ3v) is 5.22. The first-order chi connectivity index (χ1) is 12.2. The van der Waals surface area contributed by atoms with E-state index >= 15 is 0 Å². The molecule has 6 heteroatoms. The Bertz CT molecular complexity index is 835. The van der Waals surface area contributed by atoms with Crippen molar-refractivity contribution in [2.45, 2.75) is 58.7 Å². The summed E-state index contributed by atoms with van der Waals surface area (Å²) in [6.45, 7) is 7.22. The number of piperidine rings is 1. The number of hydrogen-bond donors (Lipinski definition) is 0. The Morgan fingerprint density at radius 3 is 2.96 bits per heavy atom. The van der Waals surface area contributed by atoms with E-state index in [1.807, 2.05) is 33.9 Å². The smallest absolute Gasteiger partial charge is 0.159 e. The molecule has 3 aromatic heterocycles. The van der Waals surface area contributed by atoms with Crippen molar-refractivity contribution in [3.05, 3.63) is 47.7 Å². The van der Waals surface area contributed by atoms with Gasteiger partial charge >= 0.3 is 0 Å². The van der Waals surface area contributed by atoms with Crippen LogP contribution in [0, 0.1) is 13.8 Å². The van der Waals surface area contributed by atoms with Crippen LogP contribution in [0.25, 0.3) is 5.65 Å². The summed E-state index contributed by atoms with van der Waals surface area (Å²) in [6, 6.07) is 4.68. The molecule has 3 aromatic rings. The number of aryl methyl sites for hydroxylation is 3. The third kappa shape index (κ3) is 3.44. The number of rotatable bonds is 5. The van der Waals surface area contributed by atoms with E-state index in [0.29, 0.717) is 6.04 Å². The van der Waals surface area contributed by atoms with Crippen LogP contribution in [0.3, 0.4) is 0 Å². The molecule has 1 aliphatic heterocycles. The van der Waals surface area contributed by atoms with Crippen molar-refractivity contribution in [2.24, 2.45) is 0 Å². The molecule has 1 atom stereocenters. The SMILES string of the molecule is Cc1cc(C)n2ncc(CN3CCCC[C@H]3CCn3cccn3)c2n1. The standard InChI is InChI=1S/C19H26N6/c1-15-12-16(2)25-19(22-15)17(13-21-25)14-23-9-4-3-6-18(23)7-11-24-10-5-8-20-24/h5,8,10,12-13,18H,3-4,6-7,9,11,14H2,1-2H3/t18-/m0/s1. The van der Waals surface area contributed by atoms with Crippen molar-refractivity contribution in [1.29, 1.82) is 0 Å². The van der Waals surface area contributed by atoms with Crippen LogP contribution in [0.15, 0.2) is 30.7 Å². The minimum Gasteiger partial charge on any atom is -0.296 e. The predicted octanol–water partition coefficient (Wildman–Crippen LogP) is 2.99. The lowest BCUT2D eigenvalue weighted by molar-refractivity contribution is 0.127. The van der Waals surface area contributed by atoms with Crippen LogP contribution in [0.4, 0.5) is 0 Å². The van der Waals surface area contributed by atoms with Gasteiger partial charge in [0.15, 0.2) is 5.65 Å². The molecule has 1 aliphatic rings. The molecule has 0 saturated carbocycles. The summed E-state index contributed by atoms with van der Waals surface area (Å²) in [5, 5.41) is 8.89. The van der Waals surface area contributed by atoms with Gasteiger partial charge in [0.1, 0.15) is 0 Å². The Labute approximate surface area is 148 Å². The Morgan fingerprint density at radius 2 is 2.12 bits per heavy atom. The van der Waals surface area contributed by atoms with Gasteiger partial charge in [0.05, 0.1) is 6.20 Å². The lowest BCUT2D eigenvalue weighted by Gasteiger charge is -2.35. The van der Waals surface area contributed by atoms with Gasteiger partial charge in [-0.15, -0.1) is 0 Å². The number of likely N-dealkylation sites (tertiary alicyclic amines) is 1. The van der Waals surface area contributed by atoms with Gasteiger partial charge < -0.3 is 0 Å². The van der Waals surface area contributed by atoms with E-state index in [-0.39, 0.29) is 0 Å². The molecule has 4 heterocycles. The minimum absolute atomic E-state index is 0.610. The maximum atomic E-state index is 4.73. The molecule has 6 nitrogen and oxygen atoms in total. The van der Waals surface area contributed by atoms with E-state index in [1.54, 1.807) is 0 Å². The molecular weight excluding hydrogens is 312 g/mol. The van der Waals surface area contributed by atoms with Crippen molar-refractivity contribution < 1.29 is 0 Å². The molecule has 0 bridgehead atoms. The van der Waals surface area contributed by atoms with Gasteiger partial charge in [-0.2, -0.15) is 10.2 Å². The van der Waals surface area contributed by atoms with E-state index in [0.717, 1.165) is 43.1 Å². The molecule has 0 unspecified atom stereocenters. The van der Waals surface area contributed by atoms with Crippen LogP contribution < -0.4 is 0 Å². The first kappa shape index (κ1) is 16.3. The zero-order valence-electron chi connectivity index (χ0n) is 15.1. The van der Waals surface area contributed by atoms with Crippen molar-refractivity contribution in [3.63, 3.8) is 0 Å².